The Morgan fingerprint density at radius 2 is 2.00 bits per heavy atom. The highest BCUT2D eigenvalue weighted by Crippen LogP contribution is 2.13. The van der Waals surface area contributed by atoms with E-state index in [4.69, 9.17) is 0 Å². The van der Waals surface area contributed by atoms with E-state index in [2.05, 4.69) is 10.3 Å². The number of nitrogens with one attached hydrogen (secondary N) is 1. The Balaban J connectivity index is 2.51. The van der Waals surface area contributed by atoms with Gasteiger partial charge in [0.2, 0.25) is 0 Å². The third kappa shape index (κ3) is 4.09. The molecule has 17 heavy (non-hydrogen) atoms. The highest BCUT2D eigenvalue weighted by Gasteiger charge is 2.29. The van der Waals surface area contributed by atoms with E-state index in [1.807, 2.05) is 19.1 Å². The summed E-state index contributed by atoms with van der Waals surface area (Å²) >= 11 is 0. The van der Waals surface area contributed by atoms with E-state index < -0.39 is 14.6 Å². The molecule has 96 valence electrons. The van der Waals surface area contributed by atoms with Gasteiger partial charge in [-0.2, -0.15) is 0 Å². The molecule has 0 aliphatic rings. The van der Waals surface area contributed by atoms with Gasteiger partial charge in [0.25, 0.3) is 0 Å². The highest BCUT2D eigenvalue weighted by atomic mass is 32.2. The van der Waals surface area contributed by atoms with Crippen molar-refractivity contribution in [3.05, 3.63) is 29.6 Å². The summed E-state index contributed by atoms with van der Waals surface area (Å²) in [6.45, 7) is 6.45. The second-order valence-corrected chi connectivity index (χ2v) is 7.59. The summed E-state index contributed by atoms with van der Waals surface area (Å²) in [6, 6.07) is 3.93. The van der Waals surface area contributed by atoms with Crippen LogP contribution in [0.4, 0.5) is 0 Å². The van der Waals surface area contributed by atoms with E-state index in [9.17, 15) is 8.42 Å². The maximum atomic E-state index is 11.5. The lowest BCUT2D eigenvalue weighted by molar-refractivity contribution is 0.521. The fourth-order valence-corrected chi connectivity index (χ4v) is 1.61. The summed E-state index contributed by atoms with van der Waals surface area (Å²) in [4.78, 5) is 4.18. The van der Waals surface area contributed by atoms with Crippen LogP contribution in [0.3, 0.4) is 0 Å². The molecule has 1 aromatic heterocycles. The van der Waals surface area contributed by atoms with Crippen LogP contribution in [0.5, 0.6) is 0 Å². The lowest BCUT2D eigenvalue weighted by Crippen LogP contribution is -2.41. The Morgan fingerprint density at radius 1 is 1.35 bits per heavy atom. The number of rotatable bonds is 5. The van der Waals surface area contributed by atoms with Crippen LogP contribution in [0, 0.1) is 6.92 Å². The minimum atomic E-state index is -3.04. The molecular formula is C12H20N2O2S. The maximum Gasteiger partial charge on any atom is 0.153 e. The fourth-order valence-electron chi connectivity index (χ4n) is 1.24. The van der Waals surface area contributed by atoms with Crippen molar-refractivity contribution in [2.24, 2.45) is 0 Å². The van der Waals surface area contributed by atoms with Gasteiger partial charge in [0.1, 0.15) is 0 Å². The van der Waals surface area contributed by atoms with Gasteiger partial charge in [0.15, 0.2) is 9.84 Å². The summed E-state index contributed by atoms with van der Waals surface area (Å²) in [7, 11) is -3.04. The third-order valence-electron chi connectivity index (χ3n) is 2.86. The summed E-state index contributed by atoms with van der Waals surface area (Å²) in [5.41, 5.74) is 2.03. The predicted molar refractivity (Wildman–Crippen MR) is 69.6 cm³/mol. The quantitative estimate of drug-likeness (QED) is 0.863. The molecule has 1 N–H and O–H groups in total. The molecule has 4 nitrogen and oxygen atoms in total. The molecule has 0 spiro atoms. The van der Waals surface area contributed by atoms with E-state index in [-0.39, 0.29) is 0 Å². The van der Waals surface area contributed by atoms with Crippen molar-refractivity contribution in [2.75, 3.05) is 12.8 Å². The summed E-state index contributed by atoms with van der Waals surface area (Å²) in [5, 5.41) is 3.15. The minimum Gasteiger partial charge on any atom is -0.311 e. The molecule has 5 heteroatoms. The first-order valence-electron chi connectivity index (χ1n) is 5.54. The Morgan fingerprint density at radius 3 is 2.47 bits per heavy atom. The average Bonchev–Trinajstić information content (AvgIpc) is 2.19. The molecule has 0 fully saturated rings. The fraction of sp³-hybridized carbons (Fsp3) is 0.583. The van der Waals surface area contributed by atoms with Crippen LogP contribution in [0.25, 0.3) is 0 Å². The van der Waals surface area contributed by atoms with E-state index in [0.29, 0.717) is 13.1 Å². The van der Waals surface area contributed by atoms with Gasteiger partial charge < -0.3 is 5.32 Å². The molecule has 1 heterocycles. The first kappa shape index (κ1) is 14.1. The Labute approximate surface area is 103 Å². The topological polar surface area (TPSA) is 59.1 Å². The Hall–Kier alpha value is -0.940. The molecular weight excluding hydrogens is 236 g/mol. The van der Waals surface area contributed by atoms with Gasteiger partial charge in [0, 0.05) is 31.2 Å². The van der Waals surface area contributed by atoms with Crippen LogP contribution >= 0.6 is 0 Å². The summed E-state index contributed by atoms with van der Waals surface area (Å²) in [6.07, 6.45) is 3.07. The van der Waals surface area contributed by atoms with Gasteiger partial charge in [-0.05, 0) is 32.4 Å². The molecule has 0 saturated carbocycles. The first-order chi connectivity index (χ1) is 7.72. The van der Waals surface area contributed by atoms with Crippen molar-refractivity contribution in [3.8, 4) is 0 Å². The normalized spacial score (nSPS) is 12.7. The molecule has 0 aromatic carbocycles. The summed E-state index contributed by atoms with van der Waals surface area (Å²) in [5.74, 6) is 0. The smallest absolute Gasteiger partial charge is 0.153 e. The van der Waals surface area contributed by atoms with Gasteiger partial charge in [-0.15, -0.1) is 0 Å². The van der Waals surface area contributed by atoms with E-state index in [0.717, 1.165) is 11.3 Å². The van der Waals surface area contributed by atoms with Crippen molar-refractivity contribution in [2.45, 2.75) is 32.1 Å². The molecule has 1 aromatic rings. The zero-order chi connectivity index (χ0) is 13.1. The van der Waals surface area contributed by atoms with E-state index in [1.54, 1.807) is 20.0 Å². The largest absolute Gasteiger partial charge is 0.311 e. The zero-order valence-electron chi connectivity index (χ0n) is 10.8. The van der Waals surface area contributed by atoms with Crippen molar-refractivity contribution in [1.29, 1.82) is 0 Å². The SMILES string of the molecule is Cc1ccc(CNCC(C)(C)S(C)(=O)=O)cn1. The van der Waals surface area contributed by atoms with E-state index >= 15 is 0 Å². The molecule has 0 saturated heterocycles. The molecule has 0 bridgehead atoms. The van der Waals surface area contributed by atoms with Crippen LogP contribution in [-0.4, -0.2) is 30.9 Å². The summed E-state index contributed by atoms with van der Waals surface area (Å²) < 4.78 is 22.2. The number of sulfone groups is 1. The number of nitrogens with zero attached hydrogens (tertiary/aromatic N) is 1. The molecule has 0 aliphatic heterocycles. The maximum absolute atomic E-state index is 11.5. The molecule has 0 unspecified atom stereocenters. The highest BCUT2D eigenvalue weighted by molar-refractivity contribution is 7.92. The second kappa shape index (κ2) is 5.14. The van der Waals surface area contributed by atoms with Crippen molar-refractivity contribution in [3.63, 3.8) is 0 Å². The van der Waals surface area contributed by atoms with Crippen molar-refractivity contribution < 1.29 is 8.42 Å². The minimum absolute atomic E-state index is 0.430. The lowest BCUT2D eigenvalue weighted by atomic mass is 10.2. The number of aryl methyl sites for hydroxylation is 1. The van der Waals surface area contributed by atoms with Crippen LogP contribution < -0.4 is 5.32 Å². The number of hydrogen-bond acceptors (Lipinski definition) is 4. The first-order valence-corrected chi connectivity index (χ1v) is 7.43. The van der Waals surface area contributed by atoms with Crippen LogP contribution in [0.2, 0.25) is 0 Å². The second-order valence-electron chi connectivity index (χ2n) is 4.94. The van der Waals surface area contributed by atoms with Gasteiger partial charge in [0.05, 0.1) is 4.75 Å². The Kier molecular flexibility index (Phi) is 4.27. The van der Waals surface area contributed by atoms with Gasteiger partial charge >= 0.3 is 0 Å². The molecule has 1 rings (SSSR count). The molecule has 0 atom stereocenters. The van der Waals surface area contributed by atoms with Crippen molar-refractivity contribution in [1.82, 2.24) is 10.3 Å². The van der Waals surface area contributed by atoms with Crippen LogP contribution in [-0.2, 0) is 16.4 Å². The predicted octanol–water partition coefficient (Wildman–Crippen LogP) is 1.30. The molecule has 0 radical (unpaired) electrons. The van der Waals surface area contributed by atoms with E-state index in [1.165, 1.54) is 6.26 Å². The van der Waals surface area contributed by atoms with Gasteiger partial charge in [-0.25, -0.2) is 8.42 Å². The number of aromatic nitrogens is 1. The van der Waals surface area contributed by atoms with Crippen LogP contribution in [0.15, 0.2) is 18.3 Å². The zero-order valence-corrected chi connectivity index (χ0v) is 11.6. The standard InChI is InChI=1S/C12H20N2O2S/c1-10-5-6-11(8-14-10)7-13-9-12(2,3)17(4,15)16/h5-6,8,13H,7,9H2,1-4H3. The Bertz CT molecular complexity index is 464. The molecule has 0 amide bonds. The number of hydrogen-bond donors (Lipinski definition) is 1. The average molecular weight is 256 g/mol. The molecule has 0 aliphatic carbocycles. The van der Waals surface area contributed by atoms with Crippen molar-refractivity contribution >= 4 is 9.84 Å². The van der Waals surface area contributed by atoms with Gasteiger partial charge in [-0.1, -0.05) is 6.07 Å². The number of pyridine rings is 1. The third-order valence-corrected chi connectivity index (χ3v) is 5.01. The van der Waals surface area contributed by atoms with Gasteiger partial charge in [-0.3, -0.25) is 4.98 Å². The lowest BCUT2D eigenvalue weighted by Gasteiger charge is -2.22. The van der Waals surface area contributed by atoms with Crippen LogP contribution in [0.1, 0.15) is 25.1 Å². The monoisotopic (exact) mass is 256 g/mol.